The van der Waals surface area contributed by atoms with Gasteiger partial charge in [-0.15, -0.1) is 0 Å². The Balaban J connectivity index is 1.73. The van der Waals surface area contributed by atoms with Crippen molar-refractivity contribution in [1.29, 1.82) is 5.26 Å². The van der Waals surface area contributed by atoms with Gasteiger partial charge in [0.25, 0.3) is 0 Å². The van der Waals surface area contributed by atoms with Crippen molar-refractivity contribution in [3.63, 3.8) is 0 Å². The Morgan fingerprint density at radius 2 is 1.81 bits per heavy atom. The van der Waals surface area contributed by atoms with Crippen molar-refractivity contribution in [2.24, 2.45) is 0 Å². The van der Waals surface area contributed by atoms with E-state index in [2.05, 4.69) is 11.0 Å². The number of nitriles is 1. The molecular formula is C23H22ClN3O4S. The Bertz CT molecular complexity index is 1130. The summed E-state index contributed by atoms with van der Waals surface area (Å²) in [6.45, 7) is 0.364. The highest BCUT2D eigenvalue weighted by Gasteiger charge is 2.39. The predicted octanol–water partition coefficient (Wildman–Crippen LogP) is 4.59. The van der Waals surface area contributed by atoms with E-state index >= 15 is 0 Å². The molecule has 2 aromatic carbocycles. The summed E-state index contributed by atoms with van der Waals surface area (Å²) in [7, 11) is 4.65. The van der Waals surface area contributed by atoms with Crippen LogP contribution in [0.4, 0.5) is 5.69 Å². The first-order chi connectivity index (χ1) is 15.5. The minimum absolute atomic E-state index is 0.0555. The van der Waals surface area contributed by atoms with Crippen molar-refractivity contribution in [2.45, 2.75) is 12.3 Å². The van der Waals surface area contributed by atoms with E-state index in [9.17, 15) is 10.1 Å². The lowest BCUT2D eigenvalue weighted by atomic mass is 9.85. The van der Waals surface area contributed by atoms with Crippen LogP contribution in [0.15, 0.2) is 47.0 Å². The number of allylic oxidation sites excluding steroid dienone is 1. The molecule has 2 heterocycles. The molecule has 4 rings (SSSR count). The summed E-state index contributed by atoms with van der Waals surface area (Å²) < 4.78 is 16.4. The average molecular weight is 472 g/mol. The van der Waals surface area contributed by atoms with E-state index in [1.54, 1.807) is 38.4 Å². The van der Waals surface area contributed by atoms with Crippen molar-refractivity contribution in [1.82, 2.24) is 4.90 Å². The minimum atomic E-state index is -0.432. The summed E-state index contributed by atoms with van der Waals surface area (Å²) in [5.41, 5.74) is 2.20. The van der Waals surface area contributed by atoms with Gasteiger partial charge in [0.1, 0.15) is 5.75 Å². The van der Waals surface area contributed by atoms with Gasteiger partial charge in [0, 0.05) is 34.7 Å². The van der Waals surface area contributed by atoms with E-state index in [-0.39, 0.29) is 12.3 Å². The molecule has 2 aliphatic rings. The third kappa shape index (κ3) is 3.94. The first-order valence-corrected chi connectivity index (χ1v) is 11.2. The number of anilines is 1. The molecule has 0 radical (unpaired) electrons. The fourth-order valence-corrected chi connectivity index (χ4v) is 5.34. The monoisotopic (exact) mass is 471 g/mol. The standard InChI is InChI=1S/C23H22ClN3O4S/c1-29-19-10-21(31-3)20(30-2)8-17(19)16-9-22(28)27-12-26(13-32-23(27)18(16)11-25)15-6-4-5-14(24)7-15/h4-8,10,16H,9,12-13H2,1-3H3/t16-/m0/s1. The molecule has 0 N–H and O–H groups in total. The Hall–Kier alpha value is -3.02. The third-order valence-electron chi connectivity index (χ3n) is 5.58. The zero-order valence-electron chi connectivity index (χ0n) is 17.9. The number of amides is 1. The quantitative estimate of drug-likeness (QED) is 0.631. The van der Waals surface area contributed by atoms with Gasteiger partial charge in [-0.3, -0.25) is 9.69 Å². The average Bonchev–Trinajstić information content (AvgIpc) is 2.82. The number of hydrogen-bond acceptors (Lipinski definition) is 7. The lowest BCUT2D eigenvalue weighted by Crippen LogP contribution is -2.47. The molecule has 0 bridgehead atoms. The van der Waals surface area contributed by atoms with Crippen molar-refractivity contribution >= 4 is 35.0 Å². The van der Waals surface area contributed by atoms with Gasteiger partial charge in [0.2, 0.25) is 5.91 Å². The van der Waals surface area contributed by atoms with Gasteiger partial charge < -0.3 is 19.1 Å². The smallest absolute Gasteiger partial charge is 0.229 e. The number of hydrogen-bond donors (Lipinski definition) is 0. The number of carbonyl (C=O) groups excluding carboxylic acids is 1. The van der Waals surface area contributed by atoms with Crippen molar-refractivity contribution in [2.75, 3.05) is 38.8 Å². The Morgan fingerprint density at radius 1 is 1.09 bits per heavy atom. The van der Waals surface area contributed by atoms with E-state index in [1.165, 1.54) is 11.8 Å². The zero-order valence-corrected chi connectivity index (χ0v) is 19.5. The van der Waals surface area contributed by atoms with Crippen LogP contribution in [0, 0.1) is 11.3 Å². The molecule has 0 aliphatic carbocycles. The van der Waals surface area contributed by atoms with Crippen LogP contribution < -0.4 is 19.1 Å². The molecule has 7 nitrogen and oxygen atoms in total. The number of rotatable bonds is 5. The van der Waals surface area contributed by atoms with Gasteiger partial charge in [-0.1, -0.05) is 29.4 Å². The van der Waals surface area contributed by atoms with Crippen LogP contribution in [0.1, 0.15) is 17.9 Å². The van der Waals surface area contributed by atoms with Crippen LogP contribution in [-0.2, 0) is 4.79 Å². The summed E-state index contributed by atoms with van der Waals surface area (Å²) in [6, 6.07) is 13.4. The molecule has 0 unspecified atom stereocenters. The van der Waals surface area contributed by atoms with Crippen molar-refractivity contribution < 1.29 is 19.0 Å². The maximum absolute atomic E-state index is 13.2. The van der Waals surface area contributed by atoms with Crippen LogP contribution in [0.2, 0.25) is 5.02 Å². The molecule has 1 amide bonds. The van der Waals surface area contributed by atoms with E-state index in [1.807, 2.05) is 24.3 Å². The molecule has 166 valence electrons. The number of fused-ring (bicyclic) bond motifs is 1. The summed E-state index contributed by atoms with van der Waals surface area (Å²) in [5, 5.41) is 11.4. The number of carbonyl (C=O) groups is 1. The second kappa shape index (κ2) is 9.23. The van der Waals surface area contributed by atoms with Gasteiger partial charge in [-0.05, 0) is 24.3 Å². The topological polar surface area (TPSA) is 75.0 Å². The van der Waals surface area contributed by atoms with Crippen LogP contribution in [-0.4, -0.2) is 44.7 Å². The van der Waals surface area contributed by atoms with Crippen LogP contribution in [0.25, 0.3) is 0 Å². The number of ether oxygens (including phenoxy) is 3. The number of halogens is 1. The van der Waals surface area contributed by atoms with Gasteiger partial charge in [0.05, 0.1) is 50.5 Å². The highest BCUT2D eigenvalue weighted by atomic mass is 35.5. The van der Waals surface area contributed by atoms with E-state index in [0.717, 1.165) is 11.3 Å². The summed E-state index contributed by atoms with van der Waals surface area (Å²) in [6.07, 6.45) is 0.155. The van der Waals surface area contributed by atoms with Crippen molar-refractivity contribution in [3.8, 4) is 23.3 Å². The zero-order chi connectivity index (χ0) is 22.8. The Labute approximate surface area is 196 Å². The van der Waals surface area contributed by atoms with Gasteiger partial charge in [-0.25, -0.2) is 0 Å². The number of nitrogens with zero attached hydrogens (tertiary/aromatic N) is 3. The molecule has 2 aromatic rings. The number of benzene rings is 2. The molecule has 0 saturated carbocycles. The van der Waals surface area contributed by atoms with Crippen LogP contribution in [0.3, 0.4) is 0 Å². The molecule has 0 aromatic heterocycles. The predicted molar refractivity (Wildman–Crippen MR) is 124 cm³/mol. The minimum Gasteiger partial charge on any atom is -0.496 e. The highest BCUT2D eigenvalue weighted by molar-refractivity contribution is 8.03. The normalized spacial score (nSPS) is 18.2. The number of methoxy groups -OCH3 is 3. The first-order valence-electron chi connectivity index (χ1n) is 9.88. The summed E-state index contributed by atoms with van der Waals surface area (Å²) in [5.74, 6) is 1.69. The van der Waals surface area contributed by atoms with Crippen LogP contribution >= 0.6 is 23.4 Å². The number of thioether (sulfide) groups is 1. The maximum Gasteiger partial charge on any atom is 0.229 e. The fraction of sp³-hybridized carbons (Fsp3) is 0.304. The molecule has 9 heteroatoms. The largest absolute Gasteiger partial charge is 0.496 e. The molecular weight excluding hydrogens is 450 g/mol. The Morgan fingerprint density at radius 3 is 2.47 bits per heavy atom. The molecule has 1 atom stereocenters. The van der Waals surface area contributed by atoms with E-state index in [4.69, 9.17) is 25.8 Å². The SMILES string of the molecule is COc1cc(OC)c([C@@H]2CC(=O)N3CN(c4cccc(Cl)c4)CSC3=C2C#N)cc1OC. The van der Waals surface area contributed by atoms with Gasteiger partial charge in [-0.2, -0.15) is 5.26 Å². The highest BCUT2D eigenvalue weighted by Crippen LogP contribution is 2.47. The molecule has 2 aliphatic heterocycles. The Kier molecular flexibility index (Phi) is 6.40. The van der Waals surface area contributed by atoms with E-state index < -0.39 is 5.92 Å². The molecule has 32 heavy (non-hydrogen) atoms. The molecule has 0 spiro atoms. The lowest BCUT2D eigenvalue weighted by molar-refractivity contribution is -0.129. The first kappa shape index (κ1) is 22.2. The van der Waals surface area contributed by atoms with Gasteiger partial charge >= 0.3 is 0 Å². The molecule has 1 saturated heterocycles. The van der Waals surface area contributed by atoms with E-state index in [0.29, 0.717) is 45.4 Å². The van der Waals surface area contributed by atoms with Crippen LogP contribution in [0.5, 0.6) is 17.2 Å². The lowest BCUT2D eigenvalue weighted by Gasteiger charge is -2.42. The fourth-order valence-electron chi connectivity index (χ4n) is 3.99. The second-order valence-corrected chi connectivity index (χ2v) is 8.66. The summed E-state index contributed by atoms with van der Waals surface area (Å²) >= 11 is 7.61. The van der Waals surface area contributed by atoms with Gasteiger partial charge in [0.15, 0.2) is 11.5 Å². The second-order valence-electron chi connectivity index (χ2n) is 7.29. The third-order valence-corrected chi connectivity index (χ3v) is 6.97. The summed E-state index contributed by atoms with van der Waals surface area (Å²) in [4.78, 5) is 17.0. The maximum atomic E-state index is 13.2. The molecule has 1 fully saturated rings. The van der Waals surface area contributed by atoms with Crippen molar-refractivity contribution in [3.05, 3.63) is 57.6 Å².